The molecule has 4 heterocycles. The third kappa shape index (κ3) is 3.57. The Morgan fingerprint density at radius 2 is 1.85 bits per heavy atom. The van der Waals surface area contributed by atoms with Gasteiger partial charge in [-0.2, -0.15) is 18.3 Å². The number of halogens is 3. The van der Waals surface area contributed by atoms with Gasteiger partial charge < -0.3 is 9.42 Å². The Hall–Kier alpha value is -3.95. The van der Waals surface area contributed by atoms with Crippen LogP contribution >= 0.6 is 0 Å². The van der Waals surface area contributed by atoms with Crippen molar-refractivity contribution in [1.82, 2.24) is 19.9 Å². The molecule has 3 aromatic heterocycles. The van der Waals surface area contributed by atoms with Crippen molar-refractivity contribution in [1.29, 1.82) is 0 Å². The van der Waals surface area contributed by atoms with E-state index < -0.39 is 11.7 Å². The Kier molecular flexibility index (Phi) is 4.80. The highest BCUT2D eigenvalue weighted by molar-refractivity contribution is 6.09. The maximum Gasteiger partial charge on any atom is 0.416 e. The predicted octanol–water partition coefficient (Wildman–Crippen LogP) is 5.15. The molecule has 1 aliphatic heterocycles. The summed E-state index contributed by atoms with van der Waals surface area (Å²) in [5.41, 5.74) is 2.71. The number of nitrogens with zero attached hydrogens (tertiary/aromatic N) is 5. The Bertz CT molecular complexity index is 1340. The van der Waals surface area contributed by atoms with Crippen molar-refractivity contribution < 1.29 is 22.5 Å². The summed E-state index contributed by atoms with van der Waals surface area (Å²) in [6, 6.07) is 7.93. The van der Waals surface area contributed by atoms with Gasteiger partial charge in [-0.15, -0.1) is 0 Å². The number of fused-ring (bicyclic) bond motifs is 1. The van der Waals surface area contributed by atoms with E-state index in [-0.39, 0.29) is 18.5 Å². The maximum absolute atomic E-state index is 13.4. The number of anilines is 1. The summed E-state index contributed by atoms with van der Waals surface area (Å²) < 4.78 is 45.9. The van der Waals surface area contributed by atoms with Gasteiger partial charge in [0.05, 0.1) is 23.4 Å². The van der Waals surface area contributed by atoms with Gasteiger partial charge >= 0.3 is 6.18 Å². The third-order valence-electron chi connectivity index (χ3n) is 5.70. The molecule has 1 aliphatic rings. The van der Waals surface area contributed by atoms with Crippen LogP contribution in [0.15, 0.2) is 59.5 Å². The summed E-state index contributed by atoms with van der Waals surface area (Å²) in [7, 11) is 0. The number of pyridine rings is 1. The van der Waals surface area contributed by atoms with E-state index in [4.69, 9.17) is 4.52 Å². The second-order valence-electron chi connectivity index (χ2n) is 7.93. The van der Waals surface area contributed by atoms with Gasteiger partial charge in [0.15, 0.2) is 5.76 Å². The lowest BCUT2D eigenvalue weighted by Gasteiger charge is -2.32. The lowest BCUT2D eigenvalue weighted by molar-refractivity contribution is -0.137. The Morgan fingerprint density at radius 3 is 2.55 bits per heavy atom. The van der Waals surface area contributed by atoms with Crippen LogP contribution in [-0.2, 0) is 6.18 Å². The van der Waals surface area contributed by atoms with Crippen LogP contribution in [0.4, 0.5) is 18.9 Å². The molecule has 4 aromatic rings. The van der Waals surface area contributed by atoms with E-state index in [0.29, 0.717) is 28.4 Å². The van der Waals surface area contributed by atoms with Crippen LogP contribution in [0.25, 0.3) is 22.6 Å². The largest absolute Gasteiger partial charge is 0.416 e. The molecule has 0 N–H and O–H groups in total. The van der Waals surface area contributed by atoms with Gasteiger partial charge in [-0.25, -0.2) is 0 Å². The van der Waals surface area contributed by atoms with Gasteiger partial charge in [0.2, 0.25) is 0 Å². The smallest absolute Gasteiger partial charge is 0.356 e. The van der Waals surface area contributed by atoms with Crippen LogP contribution < -0.4 is 4.90 Å². The highest BCUT2D eigenvalue weighted by Gasteiger charge is 2.36. The molecule has 1 atom stereocenters. The van der Waals surface area contributed by atoms with Gasteiger partial charge in [-0.05, 0) is 49.7 Å². The van der Waals surface area contributed by atoms with Gasteiger partial charge in [0, 0.05) is 36.3 Å². The van der Waals surface area contributed by atoms with Crippen molar-refractivity contribution in [2.75, 3.05) is 11.4 Å². The lowest BCUT2D eigenvalue weighted by Crippen LogP contribution is -2.42. The molecule has 0 spiro atoms. The molecular weight excluding hydrogens is 435 g/mol. The SMILES string of the molecule is Cc1ccncc1-c1cc(-c2cnn3c2C(=O)N(c2ccc(C(F)(F)F)cc2)C[C@@H]3C)on1. The predicted molar refractivity (Wildman–Crippen MR) is 114 cm³/mol. The summed E-state index contributed by atoms with van der Waals surface area (Å²) >= 11 is 0. The zero-order valence-corrected chi connectivity index (χ0v) is 17.7. The normalized spacial score (nSPS) is 16.2. The first kappa shape index (κ1) is 20.9. The molecule has 168 valence electrons. The Labute approximate surface area is 186 Å². The zero-order chi connectivity index (χ0) is 23.3. The number of carbonyl (C=O) groups excluding carboxylic acids is 1. The summed E-state index contributed by atoms with van der Waals surface area (Å²) in [5, 5.41) is 8.48. The second kappa shape index (κ2) is 7.58. The minimum atomic E-state index is -4.44. The summed E-state index contributed by atoms with van der Waals surface area (Å²) in [6.45, 7) is 4.09. The molecule has 0 unspecified atom stereocenters. The molecule has 0 radical (unpaired) electrons. The molecule has 1 aromatic carbocycles. The highest BCUT2D eigenvalue weighted by Crippen LogP contribution is 2.36. The third-order valence-corrected chi connectivity index (χ3v) is 5.70. The maximum atomic E-state index is 13.4. The monoisotopic (exact) mass is 453 g/mol. The van der Waals surface area contributed by atoms with Crippen molar-refractivity contribution in [3.05, 3.63) is 71.8 Å². The molecule has 33 heavy (non-hydrogen) atoms. The van der Waals surface area contributed by atoms with Gasteiger partial charge in [0.25, 0.3) is 5.91 Å². The van der Waals surface area contributed by atoms with Crippen molar-refractivity contribution in [2.45, 2.75) is 26.1 Å². The molecule has 1 amide bonds. The molecule has 10 heteroatoms. The van der Waals surface area contributed by atoms with Crippen molar-refractivity contribution in [3.8, 4) is 22.6 Å². The van der Waals surface area contributed by atoms with Gasteiger partial charge in [-0.1, -0.05) is 5.16 Å². The number of benzene rings is 1. The fraction of sp³-hybridized carbons (Fsp3) is 0.217. The van der Waals surface area contributed by atoms with Crippen molar-refractivity contribution >= 4 is 11.6 Å². The fourth-order valence-electron chi connectivity index (χ4n) is 3.96. The molecule has 0 bridgehead atoms. The first-order valence-corrected chi connectivity index (χ1v) is 10.2. The van der Waals surface area contributed by atoms with Crippen LogP contribution in [0.1, 0.15) is 34.6 Å². The van der Waals surface area contributed by atoms with Gasteiger partial charge in [-0.3, -0.25) is 14.5 Å². The minimum absolute atomic E-state index is 0.197. The Morgan fingerprint density at radius 1 is 1.09 bits per heavy atom. The first-order valence-electron chi connectivity index (χ1n) is 10.2. The van der Waals surface area contributed by atoms with Crippen molar-refractivity contribution in [2.24, 2.45) is 0 Å². The molecule has 0 fully saturated rings. The number of amides is 1. The van der Waals surface area contributed by atoms with E-state index in [1.54, 1.807) is 29.3 Å². The Balaban J connectivity index is 1.51. The van der Waals surface area contributed by atoms with Crippen LogP contribution in [0, 0.1) is 6.92 Å². The molecule has 0 saturated heterocycles. The first-order chi connectivity index (χ1) is 15.7. The average Bonchev–Trinajstić information content (AvgIpc) is 3.44. The number of hydrogen-bond acceptors (Lipinski definition) is 5. The van der Waals surface area contributed by atoms with E-state index in [1.807, 2.05) is 19.9 Å². The van der Waals surface area contributed by atoms with Crippen LogP contribution in [0.5, 0.6) is 0 Å². The van der Waals surface area contributed by atoms with Crippen LogP contribution in [0.3, 0.4) is 0 Å². The quantitative estimate of drug-likeness (QED) is 0.429. The molecule has 7 nitrogen and oxygen atoms in total. The lowest BCUT2D eigenvalue weighted by atomic mass is 10.1. The fourth-order valence-corrected chi connectivity index (χ4v) is 3.96. The molecule has 0 saturated carbocycles. The zero-order valence-electron chi connectivity index (χ0n) is 17.7. The standard InChI is InChI=1S/C23H18F3N5O2/c1-13-7-8-27-10-17(13)19-9-20(33-29-19)18-11-28-31-14(2)12-30(22(32)21(18)31)16-5-3-15(4-6-16)23(24,25)26/h3-11,14H,12H2,1-2H3/t14-/m0/s1. The van der Waals surface area contributed by atoms with E-state index in [9.17, 15) is 18.0 Å². The number of hydrogen-bond donors (Lipinski definition) is 0. The van der Waals surface area contributed by atoms with Crippen LogP contribution in [-0.4, -0.2) is 32.4 Å². The number of carbonyl (C=O) groups is 1. The second-order valence-corrected chi connectivity index (χ2v) is 7.93. The number of rotatable bonds is 3. The topological polar surface area (TPSA) is 77.0 Å². The molecule has 5 rings (SSSR count). The van der Waals surface area contributed by atoms with E-state index >= 15 is 0 Å². The molecule has 0 aliphatic carbocycles. The summed E-state index contributed by atoms with van der Waals surface area (Å²) in [5.74, 6) is -0.0137. The summed E-state index contributed by atoms with van der Waals surface area (Å²) in [6.07, 6.45) is 0.467. The average molecular weight is 453 g/mol. The number of aromatic nitrogens is 4. The van der Waals surface area contributed by atoms with E-state index in [0.717, 1.165) is 23.3 Å². The van der Waals surface area contributed by atoms with Gasteiger partial charge in [0.1, 0.15) is 11.4 Å². The number of aryl methyl sites for hydroxylation is 1. The van der Waals surface area contributed by atoms with E-state index in [1.165, 1.54) is 17.0 Å². The minimum Gasteiger partial charge on any atom is -0.356 e. The summed E-state index contributed by atoms with van der Waals surface area (Å²) in [4.78, 5) is 19.0. The number of alkyl halides is 3. The van der Waals surface area contributed by atoms with Crippen LogP contribution in [0.2, 0.25) is 0 Å². The molecular formula is C23H18F3N5O2. The van der Waals surface area contributed by atoms with E-state index in [2.05, 4.69) is 15.2 Å². The highest BCUT2D eigenvalue weighted by atomic mass is 19.4. The van der Waals surface area contributed by atoms with Crippen molar-refractivity contribution in [3.63, 3.8) is 0 Å².